The number of nitrogens with one attached hydrogen (secondary N) is 2. The van der Waals surface area contributed by atoms with E-state index in [2.05, 4.69) is 22.4 Å². The zero-order valence-electron chi connectivity index (χ0n) is 16.0. The van der Waals surface area contributed by atoms with Gasteiger partial charge in [-0.1, -0.05) is 35.9 Å². The number of fused-ring (bicyclic) bond motifs is 2. The lowest BCUT2D eigenvalue weighted by molar-refractivity contribution is -0.142. The van der Waals surface area contributed by atoms with E-state index in [1.165, 1.54) is 28.7 Å². The summed E-state index contributed by atoms with van der Waals surface area (Å²) < 4.78 is 5.85. The van der Waals surface area contributed by atoms with Gasteiger partial charge in [-0.15, -0.1) is 23.1 Å². The lowest BCUT2D eigenvalue weighted by Crippen LogP contribution is -2.38. The lowest BCUT2D eigenvalue weighted by Gasteiger charge is -2.23. The van der Waals surface area contributed by atoms with Gasteiger partial charge in [0.1, 0.15) is 15.8 Å². The molecule has 1 amide bonds. The number of hydrogen-bond acceptors (Lipinski definition) is 5. The van der Waals surface area contributed by atoms with Crippen LogP contribution in [0, 0.1) is 0 Å². The Balaban J connectivity index is 1.53. The molecule has 0 saturated heterocycles. The second-order valence-corrected chi connectivity index (χ2v) is 10.1. The van der Waals surface area contributed by atoms with Crippen molar-refractivity contribution in [1.82, 2.24) is 10.3 Å². The average Bonchev–Trinajstić information content (AvgIpc) is 3.33. The number of aromatic amines is 1. The van der Waals surface area contributed by atoms with Crippen LogP contribution in [0.2, 0.25) is 4.34 Å². The molecule has 1 aromatic carbocycles. The fourth-order valence-corrected chi connectivity index (χ4v) is 6.13. The Morgan fingerprint density at radius 2 is 2.17 bits per heavy atom. The third kappa shape index (κ3) is 4.17. The quantitative estimate of drug-likeness (QED) is 0.522. The molecule has 2 aromatic heterocycles. The zero-order valence-corrected chi connectivity index (χ0v) is 18.4. The van der Waals surface area contributed by atoms with Crippen LogP contribution in [-0.4, -0.2) is 34.8 Å². The second kappa shape index (κ2) is 8.42. The molecule has 1 unspecified atom stereocenters. The molecule has 2 heterocycles. The van der Waals surface area contributed by atoms with Gasteiger partial charge in [0.15, 0.2) is 0 Å². The van der Waals surface area contributed by atoms with Crippen LogP contribution in [0.5, 0.6) is 0 Å². The summed E-state index contributed by atoms with van der Waals surface area (Å²) in [4.78, 5) is 29.1. The Labute approximate surface area is 182 Å². The van der Waals surface area contributed by atoms with Crippen LogP contribution in [0.3, 0.4) is 0 Å². The van der Waals surface area contributed by atoms with Crippen LogP contribution in [0.25, 0.3) is 10.2 Å². The lowest BCUT2D eigenvalue weighted by atomic mass is 10.1. The zero-order chi connectivity index (χ0) is 20.5. The third-order valence-electron chi connectivity index (χ3n) is 4.98. The van der Waals surface area contributed by atoms with Gasteiger partial charge >= 0.3 is 5.97 Å². The van der Waals surface area contributed by atoms with E-state index < -0.39 is 0 Å². The topological polar surface area (TPSA) is 71.2 Å². The predicted octanol–water partition coefficient (Wildman–Crippen LogP) is 4.96. The summed E-state index contributed by atoms with van der Waals surface area (Å²) in [6.07, 6.45) is 0.732. The monoisotopic (exact) mass is 448 g/mol. The maximum Gasteiger partial charge on any atom is 0.318 e. The molecule has 0 spiro atoms. The van der Waals surface area contributed by atoms with E-state index in [4.69, 9.17) is 16.3 Å². The van der Waals surface area contributed by atoms with Gasteiger partial charge in [0.05, 0.1) is 16.2 Å². The molecule has 1 aliphatic carbocycles. The number of amides is 1. The number of thioether (sulfide) groups is 1. The average molecular weight is 449 g/mol. The highest BCUT2D eigenvalue weighted by Gasteiger charge is 2.36. The summed E-state index contributed by atoms with van der Waals surface area (Å²) in [7, 11) is 0. The first-order chi connectivity index (χ1) is 14.0. The molecule has 8 heteroatoms. The maximum atomic E-state index is 12.9. The summed E-state index contributed by atoms with van der Waals surface area (Å²) in [6, 6.07) is 11.7. The highest BCUT2D eigenvalue weighted by atomic mass is 35.5. The number of ether oxygens (including phenoxy) is 1. The molecule has 3 aromatic rings. The van der Waals surface area contributed by atoms with Crippen LogP contribution >= 0.6 is 34.7 Å². The molecule has 1 aliphatic rings. The van der Waals surface area contributed by atoms with E-state index in [0.717, 1.165) is 22.2 Å². The number of hydrogen-bond donors (Lipinski definition) is 2. The molecule has 0 radical (unpaired) electrons. The molecule has 0 saturated carbocycles. The molecule has 5 nitrogen and oxygen atoms in total. The summed E-state index contributed by atoms with van der Waals surface area (Å²) in [6.45, 7) is 4.02. The molecule has 0 fully saturated rings. The van der Waals surface area contributed by atoms with E-state index in [-0.39, 0.29) is 28.4 Å². The molecule has 152 valence electrons. The number of carbonyl (C=O) groups excluding carboxylic acids is 2. The van der Waals surface area contributed by atoms with Crippen molar-refractivity contribution in [2.45, 2.75) is 36.8 Å². The van der Waals surface area contributed by atoms with Crippen molar-refractivity contribution in [3.8, 4) is 0 Å². The Kier molecular flexibility index (Phi) is 5.90. The first-order valence-corrected chi connectivity index (χ1v) is 11.6. The second-order valence-electron chi connectivity index (χ2n) is 6.95. The van der Waals surface area contributed by atoms with Crippen molar-refractivity contribution >= 4 is 56.8 Å². The van der Waals surface area contributed by atoms with E-state index in [0.29, 0.717) is 16.6 Å². The normalized spacial score (nSPS) is 19.1. The van der Waals surface area contributed by atoms with Crippen LogP contribution < -0.4 is 5.32 Å². The summed E-state index contributed by atoms with van der Waals surface area (Å²) in [5.41, 5.74) is 2.88. The van der Waals surface area contributed by atoms with Gasteiger partial charge in [0.2, 0.25) is 0 Å². The van der Waals surface area contributed by atoms with E-state index >= 15 is 0 Å². The van der Waals surface area contributed by atoms with Crippen molar-refractivity contribution in [1.29, 1.82) is 0 Å². The summed E-state index contributed by atoms with van der Waals surface area (Å²) >= 11 is 8.97. The number of aromatic nitrogens is 1. The van der Waals surface area contributed by atoms with Crippen LogP contribution in [0.15, 0.2) is 36.4 Å². The molecule has 0 aliphatic heterocycles. The fourth-order valence-electron chi connectivity index (χ4n) is 3.65. The number of H-pyrrole nitrogens is 1. The number of esters is 1. The van der Waals surface area contributed by atoms with E-state index in [9.17, 15) is 9.59 Å². The number of benzene rings is 1. The van der Waals surface area contributed by atoms with Gasteiger partial charge in [0, 0.05) is 11.4 Å². The van der Waals surface area contributed by atoms with Crippen molar-refractivity contribution in [2.75, 3.05) is 6.61 Å². The predicted molar refractivity (Wildman–Crippen MR) is 119 cm³/mol. The molecular formula is C21H21ClN2O3S2. The Morgan fingerprint density at radius 1 is 1.38 bits per heavy atom. The fraction of sp³-hybridized carbons (Fsp3) is 0.333. The Bertz CT molecular complexity index is 1030. The van der Waals surface area contributed by atoms with Crippen molar-refractivity contribution in [2.24, 2.45) is 0 Å². The van der Waals surface area contributed by atoms with Gasteiger partial charge in [-0.3, -0.25) is 9.59 Å². The minimum atomic E-state index is -0.316. The number of thiophene rings is 1. The van der Waals surface area contributed by atoms with Crippen LogP contribution in [0.1, 0.15) is 40.7 Å². The molecule has 2 N–H and O–H groups in total. The van der Waals surface area contributed by atoms with Crippen molar-refractivity contribution in [3.63, 3.8) is 0 Å². The Hall–Kier alpha value is -1.96. The molecule has 0 bridgehead atoms. The van der Waals surface area contributed by atoms with Crippen molar-refractivity contribution in [3.05, 3.63) is 57.6 Å². The minimum absolute atomic E-state index is 0.0138. The van der Waals surface area contributed by atoms with Crippen LogP contribution in [0.4, 0.5) is 0 Å². The summed E-state index contributed by atoms with van der Waals surface area (Å²) in [5, 5.41) is 3.76. The maximum absolute atomic E-state index is 12.9. The standard InChI is InChI=1S/C21H21ClN2O3S2/c1-3-27-21(26)11(2)28-18-14-7-5-4-6-12(14)8-15(18)23-19(25)16-9-13-10-17(22)29-20(13)24-16/h4-7,9-11,15,18,24H,3,8H2,1-2H3,(H,23,25)/t11?,15-,18-/m1/s1. The summed E-state index contributed by atoms with van der Waals surface area (Å²) in [5.74, 6) is -0.384. The largest absolute Gasteiger partial charge is 0.465 e. The number of rotatable bonds is 6. The SMILES string of the molecule is CCOC(=O)C(C)S[C@@H]1c2ccccc2C[C@H]1NC(=O)c1cc2cc(Cl)sc2[nH]1. The van der Waals surface area contributed by atoms with Crippen molar-refractivity contribution < 1.29 is 14.3 Å². The van der Waals surface area contributed by atoms with Gasteiger partial charge in [0.25, 0.3) is 5.91 Å². The molecule has 29 heavy (non-hydrogen) atoms. The Morgan fingerprint density at radius 3 is 2.93 bits per heavy atom. The van der Waals surface area contributed by atoms with Gasteiger partial charge in [-0.05, 0) is 43.5 Å². The minimum Gasteiger partial charge on any atom is -0.465 e. The van der Waals surface area contributed by atoms with Gasteiger partial charge < -0.3 is 15.0 Å². The third-order valence-corrected chi connectivity index (χ3v) is 7.65. The smallest absolute Gasteiger partial charge is 0.318 e. The highest BCUT2D eigenvalue weighted by molar-refractivity contribution is 8.00. The van der Waals surface area contributed by atoms with Gasteiger partial charge in [-0.25, -0.2) is 0 Å². The van der Waals surface area contributed by atoms with E-state index in [1.807, 2.05) is 31.2 Å². The highest BCUT2D eigenvalue weighted by Crippen LogP contribution is 2.43. The molecular weight excluding hydrogens is 428 g/mol. The molecule has 3 atom stereocenters. The number of halogens is 1. The van der Waals surface area contributed by atoms with Crippen LogP contribution in [-0.2, 0) is 16.0 Å². The first-order valence-electron chi connectivity index (χ1n) is 9.45. The van der Waals surface area contributed by atoms with Gasteiger partial charge in [-0.2, -0.15) is 0 Å². The molecule has 4 rings (SSSR count). The first kappa shape index (κ1) is 20.3. The number of carbonyl (C=O) groups is 2. The van der Waals surface area contributed by atoms with E-state index in [1.54, 1.807) is 6.92 Å².